The van der Waals surface area contributed by atoms with Crippen molar-refractivity contribution >= 4 is 111 Å². The van der Waals surface area contributed by atoms with Crippen LogP contribution in [0.25, 0.3) is 21.8 Å². The van der Waals surface area contributed by atoms with Gasteiger partial charge in [0.15, 0.2) is 11.6 Å². The number of halogens is 3. The van der Waals surface area contributed by atoms with Crippen LogP contribution in [0.1, 0.15) is 192 Å². The van der Waals surface area contributed by atoms with Gasteiger partial charge in [0.2, 0.25) is 0 Å². The molecule has 7 aliphatic rings. The van der Waals surface area contributed by atoms with Gasteiger partial charge in [0.05, 0.1) is 80.2 Å². The van der Waals surface area contributed by atoms with Gasteiger partial charge in [0.25, 0.3) is 0 Å². The van der Waals surface area contributed by atoms with E-state index in [0.29, 0.717) is 76.2 Å². The maximum atomic E-state index is 13.5. The zero-order chi connectivity index (χ0) is 64.9. The number of fused-ring (bicyclic) bond motifs is 2. The number of rotatable bonds is 16. The molecule has 0 unspecified atom stereocenters. The van der Waals surface area contributed by atoms with Crippen LogP contribution < -0.4 is 5.46 Å². The lowest BCUT2D eigenvalue weighted by molar-refractivity contribution is -0.144. The Morgan fingerprint density at radius 3 is 1.12 bits per heavy atom. The molecule has 0 bridgehead atoms. The van der Waals surface area contributed by atoms with Crippen molar-refractivity contribution in [2.45, 2.75) is 207 Å². The Morgan fingerprint density at radius 2 is 0.789 bits per heavy atom. The average molecular weight is 1330 g/mol. The second-order valence-corrected chi connectivity index (χ2v) is 31.8. The van der Waals surface area contributed by atoms with Crippen molar-refractivity contribution in [2.75, 3.05) is 0 Å². The Kier molecular flexibility index (Phi) is 18.1. The SMILES string of the molecule is CC1(C)OB(B2OC(C)(C)C(C)(C)O2)OC1(C)C.CC1(C)OB(c2ccc(Cn3ncc4c(Cl)ccc(C(=O)CC5CC6(CC(CC(=O)O)C6)C5)c43)cc2)OC1(C)C.O=C(O)CC1CC2(C1)CC(CC(=O)c1ccc(Cl)c3cnn(Cc4ccc(Br)cc4)c13)C2. The monoisotopic (exact) mass is 1330 g/mol. The van der Waals surface area contributed by atoms with Crippen LogP contribution in [0.5, 0.6) is 0 Å². The molecule has 90 heavy (non-hydrogen) atoms. The number of hydrogen-bond acceptors (Lipinski definition) is 12. The van der Waals surface area contributed by atoms with E-state index in [-0.39, 0.29) is 52.2 Å². The molecule has 0 radical (unpaired) electrons. The third kappa shape index (κ3) is 13.5. The van der Waals surface area contributed by atoms with E-state index < -0.39 is 44.3 Å². The molecular weight excluding hydrogens is 1250 g/mol. The summed E-state index contributed by atoms with van der Waals surface area (Å²) in [6, 6.07) is 23.4. The highest BCUT2D eigenvalue weighted by Gasteiger charge is 2.64. The third-order valence-electron chi connectivity index (χ3n) is 21.6. The molecule has 2 N–H and O–H groups in total. The predicted octanol–water partition coefficient (Wildman–Crippen LogP) is 14.5. The van der Waals surface area contributed by atoms with Crippen LogP contribution in [0, 0.1) is 34.5 Å². The van der Waals surface area contributed by atoms with Gasteiger partial charge in [-0.25, -0.2) is 0 Å². The van der Waals surface area contributed by atoms with Crippen molar-refractivity contribution < 1.29 is 57.3 Å². The number of benzene rings is 4. The fourth-order valence-electron chi connectivity index (χ4n) is 14.9. The van der Waals surface area contributed by atoms with E-state index in [0.717, 1.165) is 94.2 Å². The first-order valence-electron chi connectivity index (χ1n) is 31.7. The van der Waals surface area contributed by atoms with Gasteiger partial charge >= 0.3 is 33.1 Å². The summed E-state index contributed by atoms with van der Waals surface area (Å²) in [5, 5.41) is 29.9. The summed E-state index contributed by atoms with van der Waals surface area (Å²) in [4.78, 5) is 48.7. The fourth-order valence-corrected chi connectivity index (χ4v) is 15.5. The number of Topliss-reactive ketones (excluding diaryl/α,β-unsaturated/α-hetero) is 2. The highest BCUT2D eigenvalue weighted by Crippen LogP contribution is 2.64. The van der Waals surface area contributed by atoms with Crippen LogP contribution in [0.2, 0.25) is 10.0 Å². The molecule has 2 aromatic heterocycles. The largest absolute Gasteiger partial charge is 0.494 e. The van der Waals surface area contributed by atoms with E-state index >= 15 is 0 Å². The van der Waals surface area contributed by atoms with Crippen LogP contribution in [-0.4, -0.2) is 108 Å². The molecule has 4 aromatic carbocycles. The molecule has 3 aliphatic heterocycles. The highest BCUT2D eigenvalue weighted by molar-refractivity contribution is 9.10. The van der Waals surface area contributed by atoms with E-state index in [1.807, 2.05) is 153 Å². The molecule has 0 amide bonds. The number of aliphatic carboxylic acids is 2. The van der Waals surface area contributed by atoms with E-state index in [1.54, 1.807) is 24.5 Å². The molecule has 478 valence electrons. The predicted molar refractivity (Wildman–Crippen MR) is 354 cm³/mol. The summed E-state index contributed by atoms with van der Waals surface area (Å²) in [5.74, 6) is 0.159. The second kappa shape index (κ2) is 24.5. The zero-order valence-electron chi connectivity index (χ0n) is 53.9. The van der Waals surface area contributed by atoms with Gasteiger partial charge < -0.3 is 38.1 Å². The van der Waals surface area contributed by atoms with Gasteiger partial charge in [-0.1, -0.05) is 75.5 Å². The van der Waals surface area contributed by atoms with Crippen molar-refractivity contribution in [1.29, 1.82) is 0 Å². The molecule has 4 saturated carbocycles. The third-order valence-corrected chi connectivity index (χ3v) is 22.8. The summed E-state index contributed by atoms with van der Waals surface area (Å²) in [5.41, 5.74) is 4.34. The van der Waals surface area contributed by atoms with Crippen LogP contribution in [-0.2, 0) is 50.6 Å². The summed E-state index contributed by atoms with van der Waals surface area (Å²) in [6.45, 7) is 25.5. The summed E-state index contributed by atoms with van der Waals surface area (Å²) >= 11 is 16.4. The zero-order valence-corrected chi connectivity index (χ0v) is 57.0. The maximum absolute atomic E-state index is 13.5. The molecule has 22 heteroatoms. The van der Waals surface area contributed by atoms with Gasteiger partial charge in [-0.15, -0.1) is 0 Å². The molecule has 5 heterocycles. The highest BCUT2D eigenvalue weighted by atomic mass is 79.9. The molecule has 7 fully saturated rings. The van der Waals surface area contributed by atoms with Crippen molar-refractivity contribution in [3.05, 3.63) is 122 Å². The van der Waals surface area contributed by atoms with E-state index in [1.165, 1.54) is 0 Å². The fraction of sp³-hybridized carbons (Fsp3) is 0.559. The van der Waals surface area contributed by atoms with Crippen molar-refractivity contribution in [3.8, 4) is 0 Å². The van der Waals surface area contributed by atoms with E-state index in [4.69, 9.17) is 61.3 Å². The minimum Gasteiger partial charge on any atom is -0.481 e. The van der Waals surface area contributed by atoms with Gasteiger partial charge in [-0.2, -0.15) is 10.2 Å². The van der Waals surface area contributed by atoms with Gasteiger partial charge in [-0.05, 0) is 222 Å². The number of aromatic nitrogens is 4. The number of carbonyl (C=O) groups is 4. The Balaban J connectivity index is 0.000000149. The molecule has 0 atom stereocenters. The first kappa shape index (κ1) is 66.6. The molecule has 6 aromatic rings. The number of carboxylic acids is 2. The Hall–Kier alpha value is -4.89. The smallest absolute Gasteiger partial charge is 0.481 e. The summed E-state index contributed by atoms with van der Waals surface area (Å²) in [6.07, 6.45) is 13.1. The summed E-state index contributed by atoms with van der Waals surface area (Å²) < 4.78 is 41.0. The molecular formula is C68H84B3BrCl2N4O12. The minimum absolute atomic E-state index is 0.112. The maximum Gasteiger partial charge on any atom is 0.494 e. The van der Waals surface area contributed by atoms with Gasteiger partial charge in [0.1, 0.15) is 0 Å². The number of hydrogen-bond donors (Lipinski definition) is 2. The Labute approximate surface area is 548 Å². The minimum atomic E-state index is -0.713. The van der Waals surface area contributed by atoms with Gasteiger partial charge in [0, 0.05) is 52.1 Å². The number of ketones is 2. The van der Waals surface area contributed by atoms with Crippen LogP contribution in [0.15, 0.2) is 89.7 Å². The van der Waals surface area contributed by atoms with Crippen LogP contribution in [0.3, 0.4) is 0 Å². The molecule has 4 aliphatic carbocycles. The lowest BCUT2D eigenvalue weighted by Gasteiger charge is -2.58. The first-order valence-corrected chi connectivity index (χ1v) is 33.3. The topological polar surface area (TPSA) is 200 Å². The first-order chi connectivity index (χ1) is 42.0. The Morgan fingerprint density at radius 1 is 0.478 bits per heavy atom. The van der Waals surface area contributed by atoms with Crippen LogP contribution in [0.4, 0.5) is 0 Å². The molecule has 2 spiro atoms. The van der Waals surface area contributed by atoms with Gasteiger partial charge in [-0.3, -0.25) is 28.5 Å². The van der Waals surface area contributed by atoms with Crippen molar-refractivity contribution in [1.82, 2.24) is 19.6 Å². The summed E-state index contributed by atoms with van der Waals surface area (Å²) in [7, 11) is -1.37. The van der Waals surface area contributed by atoms with Crippen molar-refractivity contribution in [3.63, 3.8) is 0 Å². The van der Waals surface area contributed by atoms with E-state index in [2.05, 4.69) is 26.1 Å². The standard InChI is InChI=1S/C31H36BClN2O5.C25H24BrClN2O3.C12H24B2O4/c1-29(2)30(3,4)40-32(39-29)22-7-5-19(6-8-22)18-35-28-23(9-10-25(33)24(28)17-34-35)26(36)11-20-13-31(14-20)15-21(16-31)12-27(37)38;26-18-3-1-15(2-4-18)14-29-24-19(5-6-21(27)20(24)13-28-29)22(30)7-16-9-25(10-16)11-17(12-25)8-23(31)32;1-9(2)10(3,4)16-13(15-9)14-17-11(5,6)12(7,8)18-14/h5-10,17,20-21H,11-16,18H2,1-4H3,(H,37,38);1-6,13,16-17H,7-12,14H2,(H,31,32);1-8H3. The molecule has 13 rings (SSSR count). The van der Waals surface area contributed by atoms with E-state index in [9.17, 15) is 19.2 Å². The quantitative estimate of drug-likeness (QED) is 0.0685. The Bertz CT molecular complexity index is 3630. The van der Waals surface area contributed by atoms with Crippen molar-refractivity contribution in [2.24, 2.45) is 34.5 Å². The van der Waals surface area contributed by atoms with Crippen LogP contribution >= 0.6 is 39.1 Å². The normalized spacial score (nSPS) is 26.9. The molecule has 16 nitrogen and oxygen atoms in total. The number of carboxylic acid groups (broad SMARTS) is 2. The lowest BCUT2D eigenvalue weighted by Crippen LogP contribution is -2.48. The molecule has 3 saturated heterocycles. The second-order valence-electron chi connectivity index (χ2n) is 30.1. The number of carbonyl (C=O) groups excluding carboxylic acids is 2. The number of nitrogens with zero attached hydrogens (tertiary/aromatic N) is 4. The lowest BCUT2D eigenvalue weighted by atomic mass is 9.47. The average Bonchev–Trinajstić information content (AvgIpc) is 0.969.